The molecule has 2 aliphatic rings. The van der Waals surface area contributed by atoms with Crippen molar-refractivity contribution in [1.82, 2.24) is 24.8 Å². The minimum Gasteiger partial charge on any atom is -0.356 e. The van der Waals surface area contributed by atoms with Crippen LogP contribution in [0.2, 0.25) is 0 Å². The van der Waals surface area contributed by atoms with E-state index in [9.17, 15) is 22.8 Å². The van der Waals surface area contributed by atoms with Crippen LogP contribution in [0.3, 0.4) is 0 Å². The number of amides is 3. The summed E-state index contributed by atoms with van der Waals surface area (Å²) < 4.78 is 27.7. The van der Waals surface area contributed by atoms with Gasteiger partial charge in [0, 0.05) is 58.3 Å². The number of rotatable bonds is 11. The fourth-order valence-electron chi connectivity index (χ4n) is 4.03. The van der Waals surface area contributed by atoms with E-state index >= 15 is 0 Å². The van der Waals surface area contributed by atoms with Gasteiger partial charge in [0.1, 0.15) is 10.6 Å². The van der Waals surface area contributed by atoms with Crippen molar-refractivity contribution in [1.29, 1.82) is 0 Å². The lowest BCUT2D eigenvalue weighted by atomic mass is 10.1. The van der Waals surface area contributed by atoms with Crippen LogP contribution in [0.25, 0.3) is 0 Å². The largest absolute Gasteiger partial charge is 0.356 e. The van der Waals surface area contributed by atoms with E-state index in [-0.39, 0.29) is 40.8 Å². The molecule has 2 saturated heterocycles. The molecule has 3 N–H and O–H groups in total. The van der Waals surface area contributed by atoms with E-state index in [1.807, 2.05) is 18.7 Å². The summed E-state index contributed by atoms with van der Waals surface area (Å²) in [7, 11) is -3.78. The zero-order chi connectivity index (χ0) is 23.3. The number of hydrogen-bond acceptors (Lipinski definition) is 5. The number of nitrogens with zero attached hydrogens (tertiary/aromatic N) is 2. The fraction of sp³-hybridized carbons (Fsp3) is 0.667. The number of nitrogens with one attached hydrogen (secondary N) is 3. The Hall–Kier alpha value is -2.40. The Morgan fingerprint density at radius 3 is 2.12 bits per heavy atom. The van der Waals surface area contributed by atoms with E-state index < -0.39 is 15.9 Å². The zero-order valence-electron chi connectivity index (χ0n) is 18.7. The Bertz CT molecular complexity index is 944. The van der Waals surface area contributed by atoms with Crippen LogP contribution in [0, 0.1) is 11.8 Å². The maximum absolute atomic E-state index is 12.6. The SMILES string of the molecule is C[C@H](CNS(=O)(=O)c1c[nH]c(C(=O)NC[C@H](C)CN2CCCC2=O)c1)CN1CCCC1=O. The summed E-state index contributed by atoms with van der Waals surface area (Å²) in [5.74, 6) is -0.0760. The Labute approximate surface area is 189 Å². The molecule has 0 saturated carbocycles. The van der Waals surface area contributed by atoms with Crippen molar-refractivity contribution in [3.05, 3.63) is 18.0 Å². The monoisotopic (exact) mass is 467 g/mol. The van der Waals surface area contributed by atoms with E-state index in [1.54, 1.807) is 4.90 Å². The van der Waals surface area contributed by atoms with Crippen molar-refractivity contribution in [3.63, 3.8) is 0 Å². The third-order valence-corrected chi connectivity index (χ3v) is 7.25. The first-order valence-electron chi connectivity index (χ1n) is 11.2. The molecular formula is C21H33N5O5S. The molecule has 2 atom stereocenters. The van der Waals surface area contributed by atoms with Crippen LogP contribution in [0.1, 0.15) is 50.0 Å². The zero-order valence-corrected chi connectivity index (χ0v) is 19.5. The second kappa shape index (κ2) is 10.5. The number of aromatic amines is 1. The molecule has 0 bridgehead atoms. The van der Waals surface area contributed by atoms with Crippen LogP contribution >= 0.6 is 0 Å². The highest BCUT2D eigenvalue weighted by atomic mass is 32.2. The molecular weight excluding hydrogens is 434 g/mol. The van der Waals surface area contributed by atoms with Crippen LogP contribution in [0.4, 0.5) is 0 Å². The first-order valence-corrected chi connectivity index (χ1v) is 12.7. The minimum atomic E-state index is -3.78. The van der Waals surface area contributed by atoms with Gasteiger partial charge in [-0.25, -0.2) is 13.1 Å². The molecule has 1 aromatic heterocycles. The van der Waals surface area contributed by atoms with Crippen molar-refractivity contribution < 1.29 is 22.8 Å². The predicted octanol–water partition coefficient (Wildman–Crippen LogP) is 0.540. The fourth-order valence-corrected chi connectivity index (χ4v) is 5.19. The smallest absolute Gasteiger partial charge is 0.267 e. The van der Waals surface area contributed by atoms with Crippen LogP contribution < -0.4 is 10.0 Å². The molecule has 0 spiro atoms. The minimum absolute atomic E-state index is 0.0113. The Kier molecular flexibility index (Phi) is 7.94. The summed E-state index contributed by atoms with van der Waals surface area (Å²) in [5, 5.41) is 2.79. The van der Waals surface area contributed by atoms with E-state index in [1.165, 1.54) is 12.3 Å². The number of hydrogen-bond donors (Lipinski definition) is 3. The highest BCUT2D eigenvalue weighted by Gasteiger charge is 2.24. The standard InChI is InChI=1S/C21H33N5O5S/c1-15(13-25-7-3-5-19(25)27)10-23-21(29)18-9-17(12-22-18)32(30,31)24-11-16(2)14-26-8-4-6-20(26)28/h9,12,15-16,22,24H,3-8,10-11,13-14H2,1-2H3,(H,23,29)/t15-,16+/m0/s1. The normalized spacial score (nSPS) is 18.9. The van der Waals surface area contributed by atoms with Crippen molar-refractivity contribution in [3.8, 4) is 0 Å². The van der Waals surface area contributed by atoms with Crippen LogP contribution in [0.5, 0.6) is 0 Å². The van der Waals surface area contributed by atoms with Gasteiger partial charge in [-0.15, -0.1) is 0 Å². The molecule has 11 heteroatoms. The van der Waals surface area contributed by atoms with Gasteiger partial charge >= 0.3 is 0 Å². The average molecular weight is 468 g/mol. The summed E-state index contributed by atoms with van der Waals surface area (Å²) in [4.78, 5) is 42.1. The molecule has 2 fully saturated rings. The van der Waals surface area contributed by atoms with Crippen LogP contribution in [-0.2, 0) is 19.6 Å². The predicted molar refractivity (Wildman–Crippen MR) is 118 cm³/mol. The van der Waals surface area contributed by atoms with Gasteiger partial charge in [-0.05, 0) is 30.7 Å². The average Bonchev–Trinajstić information content (AvgIpc) is 3.48. The molecule has 0 aromatic carbocycles. The van der Waals surface area contributed by atoms with Gasteiger partial charge in [-0.1, -0.05) is 13.8 Å². The molecule has 1 aromatic rings. The van der Waals surface area contributed by atoms with Crippen molar-refractivity contribution in [2.24, 2.45) is 11.8 Å². The van der Waals surface area contributed by atoms with E-state index in [0.717, 1.165) is 25.9 Å². The molecule has 0 aliphatic carbocycles. The Morgan fingerprint density at radius 1 is 1.03 bits per heavy atom. The lowest BCUT2D eigenvalue weighted by Crippen LogP contribution is -2.36. The number of carbonyl (C=O) groups excluding carboxylic acids is 3. The maximum Gasteiger partial charge on any atom is 0.267 e. The third-order valence-electron chi connectivity index (χ3n) is 5.85. The summed E-state index contributed by atoms with van der Waals surface area (Å²) >= 11 is 0. The van der Waals surface area contributed by atoms with Gasteiger partial charge in [0.2, 0.25) is 21.8 Å². The summed E-state index contributed by atoms with van der Waals surface area (Å²) in [6.07, 6.45) is 4.16. The quantitative estimate of drug-likeness (QED) is 0.437. The Balaban J connectivity index is 1.46. The van der Waals surface area contributed by atoms with Gasteiger partial charge in [-0.2, -0.15) is 0 Å². The first-order chi connectivity index (χ1) is 15.2. The number of sulfonamides is 1. The molecule has 3 amide bonds. The van der Waals surface area contributed by atoms with Gasteiger partial charge in [0.05, 0.1) is 0 Å². The van der Waals surface area contributed by atoms with Gasteiger partial charge < -0.3 is 20.1 Å². The molecule has 10 nitrogen and oxygen atoms in total. The second-order valence-corrected chi connectivity index (χ2v) is 10.7. The van der Waals surface area contributed by atoms with Crippen LogP contribution in [0.15, 0.2) is 17.2 Å². The molecule has 3 heterocycles. The van der Waals surface area contributed by atoms with E-state index in [0.29, 0.717) is 32.5 Å². The molecule has 32 heavy (non-hydrogen) atoms. The van der Waals surface area contributed by atoms with Crippen molar-refractivity contribution >= 4 is 27.7 Å². The summed E-state index contributed by atoms with van der Waals surface area (Å²) in [6.45, 7) is 7.02. The van der Waals surface area contributed by atoms with Gasteiger partial charge in [-0.3, -0.25) is 14.4 Å². The lowest BCUT2D eigenvalue weighted by Gasteiger charge is -2.21. The van der Waals surface area contributed by atoms with Gasteiger partial charge in [0.15, 0.2) is 0 Å². The number of carbonyl (C=O) groups is 3. The molecule has 3 rings (SSSR count). The Morgan fingerprint density at radius 2 is 1.59 bits per heavy atom. The van der Waals surface area contributed by atoms with Crippen molar-refractivity contribution in [2.75, 3.05) is 39.3 Å². The van der Waals surface area contributed by atoms with Crippen molar-refractivity contribution in [2.45, 2.75) is 44.4 Å². The highest BCUT2D eigenvalue weighted by molar-refractivity contribution is 7.89. The van der Waals surface area contributed by atoms with Crippen LogP contribution in [-0.4, -0.2) is 80.2 Å². The van der Waals surface area contributed by atoms with E-state index in [4.69, 9.17) is 0 Å². The first kappa shape index (κ1) is 24.2. The number of likely N-dealkylation sites (tertiary alicyclic amines) is 2. The lowest BCUT2D eigenvalue weighted by molar-refractivity contribution is -0.128. The molecule has 0 unspecified atom stereocenters. The topological polar surface area (TPSA) is 132 Å². The number of aromatic nitrogens is 1. The maximum atomic E-state index is 12.6. The highest BCUT2D eigenvalue weighted by Crippen LogP contribution is 2.15. The molecule has 178 valence electrons. The summed E-state index contributed by atoms with van der Waals surface area (Å²) in [5.41, 5.74) is 0.158. The number of H-pyrrole nitrogens is 1. The third kappa shape index (κ3) is 6.32. The second-order valence-electron chi connectivity index (χ2n) is 8.91. The summed E-state index contributed by atoms with van der Waals surface area (Å²) in [6, 6.07) is 1.31. The molecule has 0 radical (unpaired) electrons. The van der Waals surface area contributed by atoms with Gasteiger partial charge in [0.25, 0.3) is 5.91 Å². The molecule has 2 aliphatic heterocycles. The van der Waals surface area contributed by atoms with E-state index in [2.05, 4.69) is 15.0 Å².